The van der Waals surface area contributed by atoms with E-state index in [-0.39, 0.29) is 24.2 Å². The number of aryl methyl sites for hydroxylation is 1. The Kier molecular flexibility index (Phi) is 4.74. The van der Waals surface area contributed by atoms with Gasteiger partial charge in [0.1, 0.15) is 11.3 Å². The number of hydrogen-bond donors (Lipinski definition) is 0. The SMILES string of the molecule is CCC1c2ccsc2CCN1C(=O)COc1ccc2c(C)cc(=O)oc2c1. The number of carbonyl (C=O) groups is 1. The monoisotopic (exact) mass is 383 g/mol. The second-order valence-corrected chi connectivity index (χ2v) is 7.76. The van der Waals surface area contributed by atoms with E-state index in [0.717, 1.165) is 30.3 Å². The molecule has 1 amide bonds. The molecule has 1 aromatic carbocycles. The van der Waals surface area contributed by atoms with E-state index in [9.17, 15) is 9.59 Å². The van der Waals surface area contributed by atoms with E-state index in [4.69, 9.17) is 9.15 Å². The number of nitrogens with zero attached hydrogens (tertiary/aromatic N) is 1. The first-order valence-corrected chi connectivity index (χ1v) is 9.98. The number of thiophene rings is 1. The summed E-state index contributed by atoms with van der Waals surface area (Å²) in [5.41, 5.74) is 2.20. The minimum Gasteiger partial charge on any atom is -0.484 e. The number of benzene rings is 1. The average molecular weight is 383 g/mol. The highest BCUT2D eigenvalue weighted by Gasteiger charge is 2.30. The Hall–Kier alpha value is -2.60. The zero-order valence-corrected chi connectivity index (χ0v) is 16.2. The van der Waals surface area contributed by atoms with Gasteiger partial charge in [-0.25, -0.2) is 4.79 Å². The third kappa shape index (κ3) is 3.37. The van der Waals surface area contributed by atoms with Crippen molar-refractivity contribution >= 4 is 28.2 Å². The molecule has 1 aliphatic rings. The highest BCUT2D eigenvalue weighted by molar-refractivity contribution is 7.10. The highest BCUT2D eigenvalue weighted by atomic mass is 32.1. The van der Waals surface area contributed by atoms with E-state index in [0.29, 0.717) is 11.3 Å². The maximum absolute atomic E-state index is 12.8. The summed E-state index contributed by atoms with van der Waals surface area (Å²) < 4.78 is 11.0. The quantitative estimate of drug-likeness (QED) is 0.637. The standard InChI is InChI=1S/C21H21NO4S/c1-3-17-16-7-9-27-19(16)6-8-22(17)20(23)12-25-14-4-5-15-13(2)10-21(24)26-18(15)11-14/h4-5,7,9-11,17H,3,6,8,12H2,1-2H3. The lowest BCUT2D eigenvalue weighted by atomic mass is 9.98. The first-order valence-electron chi connectivity index (χ1n) is 9.10. The van der Waals surface area contributed by atoms with Crippen molar-refractivity contribution in [1.82, 2.24) is 4.90 Å². The van der Waals surface area contributed by atoms with Crippen molar-refractivity contribution in [2.24, 2.45) is 0 Å². The topological polar surface area (TPSA) is 59.8 Å². The molecule has 1 aliphatic heterocycles. The van der Waals surface area contributed by atoms with Crippen LogP contribution in [-0.4, -0.2) is 24.0 Å². The Balaban J connectivity index is 1.49. The summed E-state index contributed by atoms with van der Waals surface area (Å²) in [6, 6.07) is 9.03. The molecule has 1 atom stereocenters. The van der Waals surface area contributed by atoms with E-state index in [1.54, 1.807) is 23.5 Å². The fraction of sp³-hybridized carbons (Fsp3) is 0.333. The molecule has 0 radical (unpaired) electrons. The average Bonchev–Trinajstić information content (AvgIpc) is 3.13. The van der Waals surface area contributed by atoms with Gasteiger partial charge in [0.05, 0.1) is 6.04 Å². The van der Waals surface area contributed by atoms with E-state index in [2.05, 4.69) is 18.4 Å². The van der Waals surface area contributed by atoms with E-state index >= 15 is 0 Å². The predicted octanol–water partition coefficient (Wildman–Crippen LogP) is 4.08. The van der Waals surface area contributed by atoms with Gasteiger partial charge in [-0.15, -0.1) is 11.3 Å². The van der Waals surface area contributed by atoms with Crippen LogP contribution in [-0.2, 0) is 11.2 Å². The summed E-state index contributed by atoms with van der Waals surface area (Å²) in [7, 11) is 0. The van der Waals surface area contributed by atoms with Crippen LogP contribution in [0.1, 0.15) is 35.4 Å². The molecule has 27 heavy (non-hydrogen) atoms. The first-order chi connectivity index (χ1) is 13.1. The van der Waals surface area contributed by atoms with Crippen LogP contribution in [0.3, 0.4) is 0 Å². The second-order valence-electron chi connectivity index (χ2n) is 6.76. The Morgan fingerprint density at radius 2 is 2.19 bits per heavy atom. The molecule has 3 aromatic rings. The Labute approximate surface area is 161 Å². The largest absolute Gasteiger partial charge is 0.484 e. The molecule has 0 N–H and O–H groups in total. The van der Waals surface area contributed by atoms with Crippen LogP contribution < -0.4 is 10.4 Å². The lowest BCUT2D eigenvalue weighted by Gasteiger charge is -2.35. The van der Waals surface area contributed by atoms with Crippen molar-refractivity contribution in [1.29, 1.82) is 0 Å². The third-order valence-electron chi connectivity index (χ3n) is 5.09. The molecule has 1 unspecified atom stereocenters. The second kappa shape index (κ2) is 7.19. The van der Waals surface area contributed by atoms with Gasteiger partial charge in [0.15, 0.2) is 6.61 Å². The van der Waals surface area contributed by atoms with Crippen LogP contribution in [0.15, 0.2) is 44.9 Å². The summed E-state index contributed by atoms with van der Waals surface area (Å²) in [4.78, 5) is 27.6. The van der Waals surface area contributed by atoms with Gasteiger partial charge in [-0.3, -0.25) is 4.79 Å². The molecule has 0 bridgehead atoms. The number of hydrogen-bond acceptors (Lipinski definition) is 5. The number of amides is 1. The normalized spacial score (nSPS) is 16.4. The maximum atomic E-state index is 12.8. The molecule has 0 saturated heterocycles. The summed E-state index contributed by atoms with van der Waals surface area (Å²) in [5, 5.41) is 2.96. The van der Waals surface area contributed by atoms with Crippen LogP contribution in [0.2, 0.25) is 0 Å². The Morgan fingerprint density at radius 1 is 1.33 bits per heavy atom. The minimum atomic E-state index is -0.390. The lowest BCUT2D eigenvalue weighted by molar-refractivity contribution is -0.136. The molecule has 0 aliphatic carbocycles. The number of carbonyl (C=O) groups excluding carboxylic acids is 1. The van der Waals surface area contributed by atoms with Crippen molar-refractivity contribution in [3.63, 3.8) is 0 Å². The number of ether oxygens (including phenoxy) is 1. The molecular formula is C21H21NO4S. The number of fused-ring (bicyclic) bond motifs is 2. The van der Waals surface area contributed by atoms with Gasteiger partial charge < -0.3 is 14.1 Å². The zero-order chi connectivity index (χ0) is 19.0. The Morgan fingerprint density at radius 3 is 3.00 bits per heavy atom. The van der Waals surface area contributed by atoms with Gasteiger partial charge in [0, 0.05) is 28.9 Å². The van der Waals surface area contributed by atoms with Gasteiger partial charge in [0.2, 0.25) is 0 Å². The molecule has 140 valence electrons. The van der Waals surface area contributed by atoms with Gasteiger partial charge in [0.25, 0.3) is 5.91 Å². The molecule has 0 saturated carbocycles. The molecule has 0 fully saturated rings. The fourth-order valence-electron chi connectivity index (χ4n) is 3.76. The van der Waals surface area contributed by atoms with Crippen LogP contribution >= 0.6 is 11.3 Å². The molecule has 5 nitrogen and oxygen atoms in total. The van der Waals surface area contributed by atoms with E-state index < -0.39 is 0 Å². The summed E-state index contributed by atoms with van der Waals surface area (Å²) in [6.45, 7) is 4.66. The summed E-state index contributed by atoms with van der Waals surface area (Å²) >= 11 is 1.77. The minimum absolute atomic E-state index is 0.0236. The first kappa shape index (κ1) is 17.8. The van der Waals surface area contributed by atoms with Crippen LogP contribution in [0, 0.1) is 6.92 Å². The predicted molar refractivity (Wildman–Crippen MR) is 105 cm³/mol. The van der Waals surface area contributed by atoms with Gasteiger partial charge >= 0.3 is 5.63 Å². The fourth-order valence-corrected chi connectivity index (χ4v) is 4.69. The summed E-state index contributed by atoms with van der Waals surface area (Å²) in [6.07, 6.45) is 1.78. The molecule has 0 spiro atoms. The smallest absolute Gasteiger partial charge is 0.336 e. The van der Waals surface area contributed by atoms with Crippen molar-refractivity contribution in [3.05, 3.63) is 62.1 Å². The molecule has 2 aromatic heterocycles. The van der Waals surface area contributed by atoms with Crippen molar-refractivity contribution in [3.8, 4) is 5.75 Å². The van der Waals surface area contributed by atoms with Gasteiger partial charge in [-0.2, -0.15) is 0 Å². The molecule has 4 rings (SSSR count). The molecule has 3 heterocycles. The molecular weight excluding hydrogens is 362 g/mol. The van der Waals surface area contributed by atoms with Crippen molar-refractivity contribution in [2.75, 3.05) is 13.2 Å². The van der Waals surface area contributed by atoms with Crippen LogP contribution in [0.4, 0.5) is 0 Å². The third-order valence-corrected chi connectivity index (χ3v) is 6.08. The van der Waals surface area contributed by atoms with Gasteiger partial charge in [-0.05, 0) is 54.5 Å². The highest BCUT2D eigenvalue weighted by Crippen LogP contribution is 2.35. The van der Waals surface area contributed by atoms with Crippen LogP contribution in [0.25, 0.3) is 11.0 Å². The zero-order valence-electron chi connectivity index (χ0n) is 15.4. The molecule has 6 heteroatoms. The van der Waals surface area contributed by atoms with E-state index in [1.807, 2.05) is 17.9 Å². The maximum Gasteiger partial charge on any atom is 0.336 e. The van der Waals surface area contributed by atoms with E-state index in [1.165, 1.54) is 16.5 Å². The van der Waals surface area contributed by atoms with Gasteiger partial charge in [-0.1, -0.05) is 6.92 Å². The lowest BCUT2D eigenvalue weighted by Crippen LogP contribution is -2.41. The van der Waals surface area contributed by atoms with Crippen molar-refractivity contribution < 1.29 is 13.9 Å². The van der Waals surface area contributed by atoms with Crippen LogP contribution in [0.5, 0.6) is 5.75 Å². The summed E-state index contributed by atoms with van der Waals surface area (Å²) in [5.74, 6) is 0.496. The Bertz CT molecular complexity index is 1050. The number of rotatable bonds is 4. The van der Waals surface area contributed by atoms with Crippen molar-refractivity contribution in [2.45, 2.75) is 32.7 Å².